The molecule has 1 aromatic carbocycles. The molecule has 3 fully saturated rings. The monoisotopic (exact) mass is 462 g/mol. The smallest absolute Gasteiger partial charge is 0.392 e. The van der Waals surface area contributed by atoms with Gasteiger partial charge < -0.3 is 10.0 Å². The zero-order chi connectivity index (χ0) is 23.3. The topological polar surface area (TPSA) is 61.6 Å². The Hall–Kier alpha value is -2.39. The van der Waals surface area contributed by atoms with Crippen LogP contribution >= 0.6 is 0 Å². The minimum absolute atomic E-state index is 0.0764. The second-order valence-electron chi connectivity index (χ2n) is 9.54. The number of aliphatic hydroxyl groups excluding tert-OH is 1. The van der Waals surface area contributed by atoms with Gasteiger partial charge in [-0.2, -0.15) is 18.3 Å². The fraction of sp³-hybridized carbons (Fsp3) is 0.583. The molecule has 1 amide bonds. The maximum atomic E-state index is 13.6. The van der Waals surface area contributed by atoms with Crippen molar-refractivity contribution in [2.24, 2.45) is 0 Å². The molecule has 1 aliphatic carbocycles. The van der Waals surface area contributed by atoms with Crippen LogP contribution in [0.2, 0.25) is 0 Å². The summed E-state index contributed by atoms with van der Waals surface area (Å²) in [5, 5.41) is 14.4. The molecule has 2 aliphatic heterocycles. The normalized spacial score (nSPS) is 22.8. The second kappa shape index (κ2) is 8.43. The van der Waals surface area contributed by atoms with E-state index in [1.165, 1.54) is 6.07 Å². The van der Waals surface area contributed by atoms with Gasteiger partial charge in [0.15, 0.2) is 0 Å². The van der Waals surface area contributed by atoms with Crippen LogP contribution in [-0.2, 0) is 6.18 Å². The van der Waals surface area contributed by atoms with Gasteiger partial charge in [0.25, 0.3) is 5.91 Å². The molecule has 0 bridgehead atoms. The van der Waals surface area contributed by atoms with E-state index in [0.717, 1.165) is 56.5 Å². The number of nitrogens with zero attached hydrogens (tertiary/aromatic N) is 4. The number of carbonyl (C=O) groups is 1. The summed E-state index contributed by atoms with van der Waals surface area (Å²) in [6.07, 6.45) is -0.358. The summed E-state index contributed by atoms with van der Waals surface area (Å²) in [4.78, 5) is 17.7. The van der Waals surface area contributed by atoms with Crippen LogP contribution < -0.4 is 0 Å². The Morgan fingerprint density at radius 1 is 1.09 bits per heavy atom. The highest BCUT2D eigenvalue weighted by atomic mass is 19.4. The number of aryl methyl sites for hydroxylation is 1. The molecule has 2 saturated heterocycles. The molecular formula is C24H29F3N4O2. The largest absolute Gasteiger partial charge is 0.416 e. The first-order valence-electron chi connectivity index (χ1n) is 11.7. The number of rotatable bonds is 4. The second-order valence-corrected chi connectivity index (χ2v) is 9.54. The van der Waals surface area contributed by atoms with Gasteiger partial charge in [-0.05, 0) is 57.2 Å². The lowest BCUT2D eigenvalue weighted by molar-refractivity contribution is -0.137. The first-order chi connectivity index (χ1) is 15.7. The quantitative estimate of drug-likeness (QED) is 0.752. The van der Waals surface area contributed by atoms with Crippen molar-refractivity contribution in [2.75, 3.05) is 26.2 Å². The lowest BCUT2D eigenvalue weighted by Gasteiger charge is -2.36. The van der Waals surface area contributed by atoms with Crippen molar-refractivity contribution >= 4 is 5.91 Å². The number of halogens is 3. The molecule has 3 heterocycles. The van der Waals surface area contributed by atoms with E-state index in [-0.39, 0.29) is 17.9 Å². The average Bonchev–Trinajstić information content (AvgIpc) is 3.45. The molecule has 1 saturated carbocycles. The van der Waals surface area contributed by atoms with Gasteiger partial charge >= 0.3 is 6.18 Å². The SMILES string of the molecule is Cc1nn(-c2cccc(C(F)(F)F)c2)c(C2CC2)c1C(=O)N1CCC(N2CC[C@@H](O)C2)CC1. The molecule has 3 aliphatic rings. The molecule has 178 valence electrons. The number of amides is 1. The highest BCUT2D eigenvalue weighted by molar-refractivity contribution is 5.97. The summed E-state index contributed by atoms with van der Waals surface area (Å²) >= 11 is 0. The fourth-order valence-corrected chi connectivity index (χ4v) is 5.25. The molecule has 33 heavy (non-hydrogen) atoms. The van der Waals surface area contributed by atoms with Gasteiger partial charge in [0.2, 0.25) is 0 Å². The van der Waals surface area contributed by atoms with Crippen molar-refractivity contribution in [2.45, 2.75) is 63.3 Å². The van der Waals surface area contributed by atoms with Crippen LogP contribution in [-0.4, -0.2) is 68.9 Å². The van der Waals surface area contributed by atoms with Crippen LogP contribution in [0.4, 0.5) is 13.2 Å². The molecule has 0 unspecified atom stereocenters. The van der Waals surface area contributed by atoms with Crippen LogP contribution in [0.1, 0.15) is 65.3 Å². The predicted octanol–water partition coefficient (Wildman–Crippen LogP) is 3.75. The number of aromatic nitrogens is 2. The van der Waals surface area contributed by atoms with Crippen LogP contribution in [0.5, 0.6) is 0 Å². The summed E-state index contributed by atoms with van der Waals surface area (Å²) in [5.74, 6) is 0.0656. The number of hydrogen-bond acceptors (Lipinski definition) is 4. The van der Waals surface area contributed by atoms with Crippen LogP contribution in [0, 0.1) is 6.92 Å². The van der Waals surface area contributed by atoms with Gasteiger partial charge in [0, 0.05) is 38.1 Å². The number of hydrogen-bond donors (Lipinski definition) is 1. The minimum atomic E-state index is -4.44. The molecule has 2 aromatic rings. The van der Waals surface area contributed by atoms with E-state index in [1.807, 2.05) is 4.90 Å². The summed E-state index contributed by atoms with van der Waals surface area (Å²) < 4.78 is 41.4. The van der Waals surface area contributed by atoms with Gasteiger partial charge in [-0.25, -0.2) is 4.68 Å². The Morgan fingerprint density at radius 3 is 2.42 bits per heavy atom. The molecule has 9 heteroatoms. The Morgan fingerprint density at radius 2 is 1.82 bits per heavy atom. The molecule has 1 aromatic heterocycles. The molecule has 1 atom stereocenters. The molecule has 0 spiro atoms. The number of piperidine rings is 1. The first kappa shape index (κ1) is 22.4. The van der Waals surface area contributed by atoms with Crippen molar-refractivity contribution in [3.05, 3.63) is 46.8 Å². The van der Waals surface area contributed by atoms with Crippen LogP contribution in [0.25, 0.3) is 5.69 Å². The Kier molecular flexibility index (Phi) is 5.73. The third-order valence-electron chi connectivity index (χ3n) is 7.15. The van der Waals surface area contributed by atoms with E-state index in [2.05, 4.69) is 10.00 Å². The zero-order valence-electron chi connectivity index (χ0n) is 18.7. The third kappa shape index (κ3) is 4.40. The Balaban J connectivity index is 1.39. The predicted molar refractivity (Wildman–Crippen MR) is 116 cm³/mol. The average molecular weight is 463 g/mol. The van der Waals surface area contributed by atoms with Crippen molar-refractivity contribution in [1.82, 2.24) is 19.6 Å². The van der Waals surface area contributed by atoms with Crippen molar-refractivity contribution in [3.8, 4) is 5.69 Å². The van der Waals surface area contributed by atoms with Gasteiger partial charge in [-0.15, -0.1) is 0 Å². The van der Waals surface area contributed by atoms with E-state index in [9.17, 15) is 23.1 Å². The maximum absolute atomic E-state index is 13.6. The molecule has 6 nitrogen and oxygen atoms in total. The lowest BCUT2D eigenvalue weighted by atomic mass is 10.0. The summed E-state index contributed by atoms with van der Waals surface area (Å²) in [6, 6.07) is 5.52. The number of likely N-dealkylation sites (tertiary alicyclic amines) is 2. The maximum Gasteiger partial charge on any atom is 0.416 e. The van der Waals surface area contributed by atoms with E-state index >= 15 is 0 Å². The van der Waals surface area contributed by atoms with Crippen LogP contribution in [0.3, 0.4) is 0 Å². The van der Waals surface area contributed by atoms with Gasteiger partial charge in [-0.3, -0.25) is 9.69 Å². The molecular weight excluding hydrogens is 433 g/mol. The standard InChI is InChI=1S/C24H29F3N4O2/c1-15-21(23(33)29-10-7-18(8-11-29)30-12-9-20(32)14-30)22(16-5-6-16)31(28-15)19-4-2-3-17(13-19)24(25,26)27/h2-4,13,16,18,20,32H,5-12,14H2,1H3/t20-/m1/s1. The number of carbonyl (C=O) groups excluding carboxylic acids is 1. The van der Waals surface area contributed by atoms with Gasteiger partial charge in [0.1, 0.15) is 0 Å². The van der Waals surface area contributed by atoms with E-state index in [0.29, 0.717) is 42.6 Å². The summed E-state index contributed by atoms with van der Waals surface area (Å²) in [5.41, 5.74) is 1.45. The number of benzene rings is 1. The third-order valence-corrected chi connectivity index (χ3v) is 7.15. The van der Waals surface area contributed by atoms with Crippen molar-refractivity contribution in [1.29, 1.82) is 0 Å². The van der Waals surface area contributed by atoms with Crippen LogP contribution in [0.15, 0.2) is 24.3 Å². The van der Waals surface area contributed by atoms with Gasteiger partial charge in [-0.1, -0.05) is 6.07 Å². The fourth-order valence-electron chi connectivity index (χ4n) is 5.25. The molecule has 1 N–H and O–H groups in total. The van der Waals surface area contributed by atoms with Crippen molar-refractivity contribution in [3.63, 3.8) is 0 Å². The van der Waals surface area contributed by atoms with Gasteiger partial charge in [0.05, 0.1) is 34.3 Å². The zero-order valence-corrected chi connectivity index (χ0v) is 18.7. The Labute approximate surface area is 191 Å². The number of alkyl halides is 3. The lowest BCUT2D eigenvalue weighted by Crippen LogP contribution is -2.46. The summed E-state index contributed by atoms with van der Waals surface area (Å²) in [6.45, 7) is 4.63. The highest BCUT2D eigenvalue weighted by Crippen LogP contribution is 2.44. The number of aliphatic hydroxyl groups is 1. The van der Waals surface area contributed by atoms with E-state index in [1.54, 1.807) is 17.7 Å². The van der Waals surface area contributed by atoms with E-state index in [4.69, 9.17) is 0 Å². The van der Waals surface area contributed by atoms with E-state index < -0.39 is 11.7 Å². The Bertz CT molecular complexity index is 1040. The highest BCUT2D eigenvalue weighted by Gasteiger charge is 2.38. The summed E-state index contributed by atoms with van der Waals surface area (Å²) in [7, 11) is 0. The molecule has 5 rings (SSSR count). The molecule has 0 radical (unpaired) electrons. The first-order valence-corrected chi connectivity index (χ1v) is 11.7. The minimum Gasteiger partial charge on any atom is -0.392 e. The number of β-amino-alcohol motifs (C(OH)–C–C–N with tert-alkyl or cyclic N) is 1. The van der Waals surface area contributed by atoms with Crippen molar-refractivity contribution < 1.29 is 23.1 Å².